The summed E-state index contributed by atoms with van der Waals surface area (Å²) in [5.41, 5.74) is 0.870. The molecule has 5 nitrogen and oxygen atoms in total. The normalized spacial score (nSPS) is 14.2. The third-order valence-electron chi connectivity index (χ3n) is 4.69. The topological polar surface area (TPSA) is 49.9 Å². The molecule has 3 rings (SSSR count). The Morgan fingerprint density at radius 2 is 1.48 bits per heavy atom. The maximum atomic E-state index is 13.8. The van der Waals surface area contributed by atoms with Gasteiger partial charge in [-0.15, -0.1) is 0 Å². The predicted octanol–water partition coefficient (Wildman–Crippen LogP) is 2.88. The molecular weight excluding hydrogens is 354 g/mol. The minimum Gasteiger partial charge on any atom is -0.496 e. The quantitative estimate of drug-likeness (QED) is 0.830. The van der Waals surface area contributed by atoms with Crippen LogP contribution in [0.25, 0.3) is 0 Å². The van der Waals surface area contributed by atoms with Crippen LogP contribution in [0, 0.1) is 18.6 Å². The molecule has 0 bridgehead atoms. The van der Waals surface area contributed by atoms with Gasteiger partial charge in [0.2, 0.25) is 0 Å². The maximum absolute atomic E-state index is 13.8. The molecule has 1 fully saturated rings. The van der Waals surface area contributed by atoms with E-state index in [9.17, 15) is 18.4 Å². The van der Waals surface area contributed by atoms with Gasteiger partial charge in [-0.2, -0.15) is 0 Å². The first kappa shape index (κ1) is 18.8. The Kier molecular flexibility index (Phi) is 5.39. The highest BCUT2D eigenvalue weighted by Crippen LogP contribution is 2.21. The molecule has 1 aliphatic rings. The molecule has 0 unspecified atom stereocenters. The lowest BCUT2D eigenvalue weighted by molar-refractivity contribution is 0.0529. The first-order valence-electron chi connectivity index (χ1n) is 8.59. The van der Waals surface area contributed by atoms with Crippen molar-refractivity contribution in [3.05, 3.63) is 64.7 Å². The largest absolute Gasteiger partial charge is 0.496 e. The van der Waals surface area contributed by atoms with E-state index in [1.165, 1.54) is 11.0 Å². The molecule has 2 aromatic carbocycles. The van der Waals surface area contributed by atoms with Crippen molar-refractivity contribution < 1.29 is 23.1 Å². The summed E-state index contributed by atoms with van der Waals surface area (Å²) in [5, 5.41) is 0. The molecule has 0 radical (unpaired) electrons. The van der Waals surface area contributed by atoms with Gasteiger partial charge in [0, 0.05) is 31.7 Å². The Balaban J connectivity index is 1.68. The number of nitrogens with zero attached hydrogens (tertiary/aromatic N) is 2. The van der Waals surface area contributed by atoms with Crippen molar-refractivity contribution in [2.24, 2.45) is 0 Å². The number of amides is 2. The van der Waals surface area contributed by atoms with Crippen molar-refractivity contribution in [3.8, 4) is 5.75 Å². The summed E-state index contributed by atoms with van der Waals surface area (Å²) in [6, 6.07) is 8.55. The van der Waals surface area contributed by atoms with Gasteiger partial charge >= 0.3 is 0 Å². The molecule has 0 aromatic heterocycles. The first-order chi connectivity index (χ1) is 12.9. The van der Waals surface area contributed by atoms with Crippen LogP contribution >= 0.6 is 0 Å². The third kappa shape index (κ3) is 3.77. The number of hydrogen-bond acceptors (Lipinski definition) is 3. The number of ether oxygens (including phenoxy) is 1. The highest BCUT2D eigenvalue weighted by Gasteiger charge is 2.28. The summed E-state index contributed by atoms with van der Waals surface area (Å²) in [6.07, 6.45) is 0. The van der Waals surface area contributed by atoms with Crippen LogP contribution in [0.15, 0.2) is 36.4 Å². The molecule has 0 N–H and O–H groups in total. The fraction of sp³-hybridized carbons (Fsp3) is 0.300. The molecule has 1 aliphatic heterocycles. The van der Waals surface area contributed by atoms with E-state index in [0.717, 1.165) is 17.7 Å². The van der Waals surface area contributed by atoms with Crippen LogP contribution in [0.2, 0.25) is 0 Å². The second-order valence-electron chi connectivity index (χ2n) is 6.37. The first-order valence-corrected chi connectivity index (χ1v) is 8.59. The fourth-order valence-corrected chi connectivity index (χ4v) is 3.11. The zero-order chi connectivity index (χ0) is 19.6. The van der Waals surface area contributed by atoms with E-state index in [0.29, 0.717) is 11.3 Å². The number of hydrogen-bond donors (Lipinski definition) is 0. The van der Waals surface area contributed by atoms with Crippen LogP contribution < -0.4 is 4.74 Å². The average molecular weight is 374 g/mol. The van der Waals surface area contributed by atoms with Gasteiger partial charge in [-0.25, -0.2) is 8.78 Å². The summed E-state index contributed by atoms with van der Waals surface area (Å²) >= 11 is 0. The van der Waals surface area contributed by atoms with Crippen molar-refractivity contribution in [3.63, 3.8) is 0 Å². The van der Waals surface area contributed by atoms with E-state index in [-0.39, 0.29) is 32.1 Å². The van der Waals surface area contributed by atoms with Gasteiger partial charge in [0.05, 0.1) is 7.11 Å². The number of halogens is 2. The smallest absolute Gasteiger partial charge is 0.259 e. The monoisotopic (exact) mass is 374 g/mol. The minimum atomic E-state index is -0.884. The minimum absolute atomic E-state index is 0.169. The molecule has 0 atom stereocenters. The summed E-state index contributed by atoms with van der Waals surface area (Å²) in [5.74, 6) is -2.01. The Morgan fingerprint density at radius 3 is 2.04 bits per heavy atom. The molecule has 27 heavy (non-hydrogen) atoms. The van der Waals surface area contributed by atoms with Gasteiger partial charge in [-0.1, -0.05) is 12.1 Å². The molecule has 2 amide bonds. The van der Waals surface area contributed by atoms with Crippen LogP contribution in [0.4, 0.5) is 8.78 Å². The van der Waals surface area contributed by atoms with Crippen molar-refractivity contribution in [1.82, 2.24) is 9.80 Å². The summed E-state index contributed by atoms with van der Waals surface area (Å²) in [7, 11) is 1.54. The number of piperazine rings is 1. The molecule has 1 saturated heterocycles. The lowest BCUT2D eigenvalue weighted by Crippen LogP contribution is -2.50. The molecule has 0 spiro atoms. The Morgan fingerprint density at radius 1 is 0.926 bits per heavy atom. The van der Waals surface area contributed by atoms with E-state index in [4.69, 9.17) is 4.74 Å². The van der Waals surface area contributed by atoms with Crippen LogP contribution in [0.1, 0.15) is 26.3 Å². The van der Waals surface area contributed by atoms with Gasteiger partial charge in [0.1, 0.15) is 22.9 Å². The molecule has 0 saturated carbocycles. The molecule has 0 aliphatic carbocycles. The number of carbonyl (C=O) groups is 2. The summed E-state index contributed by atoms with van der Waals surface area (Å²) in [6.45, 7) is 2.88. The highest BCUT2D eigenvalue weighted by molar-refractivity contribution is 5.96. The number of benzene rings is 2. The maximum Gasteiger partial charge on any atom is 0.259 e. The van der Waals surface area contributed by atoms with E-state index in [1.807, 2.05) is 13.0 Å². The lowest BCUT2D eigenvalue weighted by atomic mass is 10.1. The number of aryl methyl sites for hydroxylation is 1. The Hall–Kier alpha value is -2.96. The number of methoxy groups -OCH3 is 1. The van der Waals surface area contributed by atoms with Gasteiger partial charge in [0.15, 0.2) is 0 Å². The molecule has 142 valence electrons. The van der Waals surface area contributed by atoms with Crippen LogP contribution in [0.3, 0.4) is 0 Å². The standard InChI is InChI=1S/C20H20F2N2O3/c1-13-6-7-14(12-17(13)27-2)19(25)23-8-10-24(11-9-23)20(26)18-15(21)4-3-5-16(18)22/h3-7,12H,8-11H2,1-2H3. The van der Waals surface area contributed by atoms with Gasteiger partial charge in [0.25, 0.3) is 11.8 Å². The van der Waals surface area contributed by atoms with Crippen molar-refractivity contribution in [1.29, 1.82) is 0 Å². The fourth-order valence-electron chi connectivity index (χ4n) is 3.11. The average Bonchev–Trinajstić information content (AvgIpc) is 2.67. The second kappa shape index (κ2) is 7.73. The van der Waals surface area contributed by atoms with Crippen LogP contribution in [0.5, 0.6) is 5.75 Å². The van der Waals surface area contributed by atoms with Crippen molar-refractivity contribution >= 4 is 11.8 Å². The van der Waals surface area contributed by atoms with E-state index >= 15 is 0 Å². The van der Waals surface area contributed by atoms with E-state index in [1.54, 1.807) is 24.1 Å². The lowest BCUT2D eigenvalue weighted by Gasteiger charge is -2.35. The third-order valence-corrected chi connectivity index (χ3v) is 4.69. The molecule has 7 heteroatoms. The zero-order valence-corrected chi connectivity index (χ0v) is 15.2. The van der Waals surface area contributed by atoms with Crippen LogP contribution in [-0.4, -0.2) is 54.9 Å². The van der Waals surface area contributed by atoms with E-state index in [2.05, 4.69) is 0 Å². The molecule has 2 aromatic rings. The molecule has 1 heterocycles. The van der Waals surface area contributed by atoms with Gasteiger partial charge < -0.3 is 14.5 Å². The number of rotatable bonds is 3. The Bertz CT molecular complexity index is 857. The predicted molar refractivity (Wildman–Crippen MR) is 95.9 cm³/mol. The molecular formula is C20H20F2N2O3. The van der Waals surface area contributed by atoms with Crippen molar-refractivity contribution in [2.75, 3.05) is 33.3 Å². The Labute approximate surface area is 156 Å². The van der Waals surface area contributed by atoms with Crippen LogP contribution in [-0.2, 0) is 0 Å². The van der Waals surface area contributed by atoms with Crippen molar-refractivity contribution in [2.45, 2.75) is 6.92 Å². The highest BCUT2D eigenvalue weighted by atomic mass is 19.1. The summed E-state index contributed by atoms with van der Waals surface area (Å²) < 4.78 is 32.9. The summed E-state index contributed by atoms with van der Waals surface area (Å²) in [4.78, 5) is 28.1. The van der Waals surface area contributed by atoms with E-state index < -0.39 is 23.1 Å². The number of carbonyl (C=O) groups excluding carboxylic acids is 2. The second-order valence-corrected chi connectivity index (χ2v) is 6.37. The van der Waals surface area contributed by atoms with Gasteiger partial charge in [-0.3, -0.25) is 9.59 Å². The SMILES string of the molecule is COc1cc(C(=O)N2CCN(C(=O)c3c(F)cccc3F)CC2)ccc1C. The zero-order valence-electron chi connectivity index (χ0n) is 15.2. The van der Waals surface area contributed by atoms with Gasteiger partial charge in [-0.05, 0) is 36.8 Å².